The number of aromatic nitrogens is 1. The van der Waals surface area contributed by atoms with E-state index in [1.165, 1.54) is 4.90 Å². The third-order valence-electron chi connectivity index (χ3n) is 5.12. The second-order valence-electron chi connectivity index (χ2n) is 6.63. The lowest BCUT2D eigenvalue weighted by Crippen LogP contribution is -2.32. The first kappa shape index (κ1) is 16.3. The zero-order chi connectivity index (χ0) is 18.3. The molecule has 4 rings (SSSR count). The summed E-state index contributed by atoms with van der Waals surface area (Å²) in [5.41, 5.74) is 2.75. The summed E-state index contributed by atoms with van der Waals surface area (Å²) in [6, 6.07) is 8.82. The molecule has 1 aliphatic heterocycles. The second kappa shape index (κ2) is 6.26. The highest BCUT2D eigenvalue weighted by Gasteiger charge is 2.34. The van der Waals surface area contributed by atoms with Crippen LogP contribution >= 0.6 is 0 Å². The van der Waals surface area contributed by atoms with E-state index in [-0.39, 0.29) is 29.5 Å². The number of hydrogen-bond acceptors (Lipinski definition) is 4. The van der Waals surface area contributed by atoms with Crippen LogP contribution in [0.5, 0.6) is 0 Å². The van der Waals surface area contributed by atoms with Gasteiger partial charge in [0.25, 0.3) is 17.4 Å². The lowest BCUT2D eigenvalue weighted by molar-refractivity contribution is 0.0650. The van der Waals surface area contributed by atoms with Crippen LogP contribution in [-0.4, -0.2) is 27.8 Å². The highest BCUT2D eigenvalue weighted by molar-refractivity contribution is 6.21. The number of imide groups is 1. The number of carbonyl (C=O) groups excluding carboxylic acids is 2. The van der Waals surface area contributed by atoms with Crippen molar-refractivity contribution >= 4 is 11.8 Å². The first-order chi connectivity index (χ1) is 12.6. The van der Waals surface area contributed by atoms with Crippen LogP contribution in [0, 0.1) is 11.3 Å². The van der Waals surface area contributed by atoms with Crippen LogP contribution in [0.1, 0.15) is 50.2 Å². The molecular formula is C20H17N3O3. The molecule has 2 aromatic rings. The average molecular weight is 347 g/mol. The maximum absolute atomic E-state index is 12.5. The SMILES string of the molecule is N#Cc1c2c(cn(CCCN3C(=O)c4ccccc4C3=O)c1=O)CCC2. The van der Waals surface area contributed by atoms with E-state index in [9.17, 15) is 19.6 Å². The highest BCUT2D eigenvalue weighted by Crippen LogP contribution is 2.24. The molecule has 0 fully saturated rings. The molecule has 0 saturated heterocycles. The van der Waals surface area contributed by atoms with Crippen LogP contribution in [0.4, 0.5) is 0 Å². The Morgan fingerprint density at radius 1 is 1.00 bits per heavy atom. The number of carbonyl (C=O) groups is 2. The smallest absolute Gasteiger partial charge is 0.268 e. The predicted molar refractivity (Wildman–Crippen MR) is 93.9 cm³/mol. The molecule has 1 aromatic carbocycles. The first-order valence-corrected chi connectivity index (χ1v) is 8.72. The van der Waals surface area contributed by atoms with E-state index in [0.29, 0.717) is 24.1 Å². The van der Waals surface area contributed by atoms with Crippen LogP contribution in [0.15, 0.2) is 35.3 Å². The highest BCUT2D eigenvalue weighted by atomic mass is 16.2. The van der Waals surface area contributed by atoms with E-state index in [0.717, 1.165) is 30.4 Å². The van der Waals surface area contributed by atoms with E-state index < -0.39 is 0 Å². The molecule has 1 aromatic heterocycles. The molecule has 0 unspecified atom stereocenters. The first-order valence-electron chi connectivity index (χ1n) is 8.72. The average Bonchev–Trinajstić information content (AvgIpc) is 3.21. The van der Waals surface area contributed by atoms with Gasteiger partial charge in [-0.15, -0.1) is 0 Å². The van der Waals surface area contributed by atoms with Gasteiger partial charge in [0.15, 0.2) is 0 Å². The standard InChI is InChI=1S/C20H17N3O3/c21-11-17-14-8-3-5-13(14)12-22(18(17)24)9-4-10-23-19(25)15-6-1-2-7-16(15)20(23)26/h1-2,6-7,12H,3-5,8-10H2. The number of fused-ring (bicyclic) bond motifs is 2. The number of hydrogen-bond donors (Lipinski definition) is 0. The minimum absolute atomic E-state index is 0.237. The van der Waals surface area contributed by atoms with E-state index in [1.54, 1.807) is 28.8 Å². The van der Waals surface area contributed by atoms with Crippen molar-refractivity contribution in [1.82, 2.24) is 9.47 Å². The number of aryl methyl sites for hydroxylation is 2. The fourth-order valence-corrected chi connectivity index (χ4v) is 3.84. The number of rotatable bonds is 4. The summed E-state index contributed by atoms with van der Waals surface area (Å²) in [4.78, 5) is 38.4. The third-order valence-corrected chi connectivity index (χ3v) is 5.12. The van der Waals surface area contributed by atoms with Crippen molar-refractivity contribution in [2.75, 3.05) is 6.54 Å². The molecule has 26 heavy (non-hydrogen) atoms. The number of nitriles is 1. The zero-order valence-electron chi connectivity index (χ0n) is 14.2. The fourth-order valence-electron chi connectivity index (χ4n) is 3.84. The van der Waals surface area contributed by atoms with Gasteiger partial charge in [-0.05, 0) is 48.9 Å². The Morgan fingerprint density at radius 2 is 1.69 bits per heavy atom. The van der Waals surface area contributed by atoms with Crippen molar-refractivity contribution in [3.8, 4) is 6.07 Å². The van der Waals surface area contributed by atoms with Crippen molar-refractivity contribution in [2.24, 2.45) is 0 Å². The van der Waals surface area contributed by atoms with Gasteiger partial charge in [0.2, 0.25) is 0 Å². The Labute approximate surface area is 150 Å². The number of benzene rings is 1. The second-order valence-corrected chi connectivity index (χ2v) is 6.63. The Morgan fingerprint density at radius 3 is 2.35 bits per heavy atom. The van der Waals surface area contributed by atoms with Crippen LogP contribution in [0.25, 0.3) is 0 Å². The molecule has 0 saturated carbocycles. The van der Waals surface area contributed by atoms with Gasteiger partial charge >= 0.3 is 0 Å². The summed E-state index contributed by atoms with van der Waals surface area (Å²) in [7, 11) is 0. The van der Waals surface area contributed by atoms with Crippen LogP contribution < -0.4 is 5.56 Å². The Bertz CT molecular complexity index is 995. The molecule has 6 heteroatoms. The zero-order valence-corrected chi connectivity index (χ0v) is 14.2. The molecule has 2 heterocycles. The van der Waals surface area contributed by atoms with Gasteiger partial charge in [-0.1, -0.05) is 12.1 Å². The third kappa shape index (κ3) is 2.44. The van der Waals surface area contributed by atoms with Crippen molar-refractivity contribution in [2.45, 2.75) is 32.2 Å². The molecule has 0 spiro atoms. The summed E-state index contributed by atoms with van der Waals surface area (Å²) in [5.74, 6) is -0.575. The van der Waals surface area contributed by atoms with Gasteiger partial charge in [0.1, 0.15) is 11.6 Å². The summed E-state index contributed by atoms with van der Waals surface area (Å²) in [6.45, 7) is 0.617. The van der Waals surface area contributed by atoms with Crippen LogP contribution in [0.3, 0.4) is 0 Å². The summed E-state index contributed by atoms with van der Waals surface area (Å²) >= 11 is 0. The molecule has 6 nitrogen and oxygen atoms in total. The van der Waals surface area contributed by atoms with Crippen LogP contribution in [-0.2, 0) is 19.4 Å². The largest absolute Gasteiger partial charge is 0.314 e. The van der Waals surface area contributed by atoms with E-state index in [1.807, 2.05) is 12.3 Å². The Hall–Kier alpha value is -3.20. The molecule has 2 amide bonds. The molecular weight excluding hydrogens is 330 g/mol. The van der Waals surface area contributed by atoms with E-state index in [4.69, 9.17) is 0 Å². The lowest BCUT2D eigenvalue weighted by Gasteiger charge is -2.15. The number of pyridine rings is 1. The van der Waals surface area contributed by atoms with Crippen molar-refractivity contribution < 1.29 is 9.59 Å². The number of nitrogens with zero attached hydrogens (tertiary/aromatic N) is 3. The van der Waals surface area contributed by atoms with E-state index in [2.05, 4.69) is 0 Å². The molecule has 1 aliphatic carbocycles. The van der Waals surface area contributed by atoms with Crippen molar-refractivity contribution in [3.05, 3.63) is 68.6 Å². The summed E-state index contributed by atoms with van der Waals surface area (Å²) < 4.78 is 1.54. The number of amides is 2. The molecule has 130 valence electrons. The minimum Gasteiger partial charge on any atom is -0.314 e. The lowest BCUT2D eigenvalue weighted by atomic mass is 10.1. The minimum atomic E-state index is -0.287. The van der Waals surface area contributed by atoms with Crippen molar-refractivity contribution in [3.63, 3.8) is 0 Å². The normalized spacial score (nSPS) is 15.1. The summed E-state index contributed by atoms with van der Waals surface area (Å²) in [6.07, 6.45) is 4.91. The maximum Gasteiger partial charge on any atom is 0.268 e. The monoisotopic (exact) mass is 347 g/mol. The Balaban J connectivity index is 1.50. The fraction of sp³-hybridized carbons (Fsp3) is 0.300. The Kier molecular flexibility index (Phi) is 3.92. The van der Waals surface area contributed by atoms with Gasteiger partial charge in [-0.2, -0.15) is 5.26 Å². The maximum atomic E-state index is 12.5. The van der Waals surface area contributed by atoms with Gasteiger partial charge < -0.3 is 4.57 Å². The van der Waals surface area contributed by atoms with E-state index >= 15 is 0 Å². The van der Waals surface area contributed by atoms with Gasteiger partial charge in [0.05, 0.1) is 11.1 Å². The van der Waals surface area contributed by atoms with Gasteiger partial charge in [0, 0.05) is 19.3 Å². The molecule has 0 bridgehead atoms. The van der Waals surface area contributed by atoms with Gasteiger partial charge in [-0.25, -0.2) is 0 Å². The predicted octanol–water partition coefficient (Wildman–Crippen LogP) is 1.89. The topological polar surface area (TPSA) is 83.2 Å². The quantitative estimate of drug-likeness (QED) is 0.791. The molecule has 2 aliphatic rings. The molecule has 0 atom stereocenters. The van der Waals surface area contributed by atoms with Crippen LogP contribution in [0.2, 0.25) is 0 Å². The molecule has 0 radical (unpaired) electrons. The molecule has 0 N–H and O–H groups in total. The van der Waals surface area contributed by atoms with Gasteiger partial charge in [-0.3, -0.25) is 19.3 Å². The summed E-state index contributed by atoms with van der Waals surface area (Å²) in [5, 5.41) is 9.31. The van der Waals surface area contributed by atoms with Crippen molar-refractivity contribution in [1.29, 1.82) is 5.26 Å².